The lowest BCUT2D eigenvalue weighted by Crippen LogP contribution is -2.44. The second-order valence-corrected chi connectivity index (χ2v) is 6.57. The van der Waals surface area contributed by atoms with Crippen molar-refractivity contribution in [3.05, 3.63) is 24.3 Å². The number of ether oxygens (including phenoxy) is 1. The molecule has 2 aliphatic rings. The fourth-order valence-electron chi connectivity index (χ4n) is 3.42. The number of nitrogens with zero attached hydrogens (tertiary/aromatic N) is 1. The zero-order chi connectivity index (χ0) is 16.9. The van der Waals surface area contributed by atoms with Crippen LogP contribution < -0.4 is 10.1 Å². The maximum Gasteiger partial charge on any atom is 0.321 e. The van der Waals surface area contributed by atoms with Gasteiger partial charge < -0.3 is 20.1 Å². The van der Waals surface area contributed by atoms with Gasteiger partial charge in [-0.2, -0.15) is 0 Å². The van der Waals surface area contributed by atoms with E-state index in [2.05, 4.69) is 5.32 Å². The Labute approximate surface area is 141 Å². The third-order valence-corrected chi connectivity index (χ3v) is 4.78. The van der Waals surface area contributed by atoms with Crippen LogP contribution in [0.3, 0.4) is 0 Å². The van der Waals surface area contributed by atoms with Crippen molar-refractivity contribution in [2.45, 2.75) is 44.6 Å². The maximum atomic E-state index is 12.5. The summed E-state index contributed by atoms with van der Waals surface area (Å²) in [7, 11) is 0. The van der Waals surface area contributed by atoms with Gasteiger partial charge in [-0.3, -0.25) is 4.79 Å². The highest BCUT2D eigenvalue weighted by molar-refractivity contribution is 5.91. The number of carbonyl (C=O) groups excluding carboxylic acids is 1. The summed E-state index contributed by atoms with van der Waals surface area (Å²) in [4.78, 5) is 25.2. The standard InChI is InChI=1S/C18H24N2O4/c21-17(22)13-6-5-11-20(12-13)18(23)19-15-9-3-4-10-16(15)24-14-7-1-2-8-14/h3-4,9-10,13-14H,1-2,5-8,11-12H2,(H,19,23)(H,21,22). The number of hydrogen-bond donors (Lipinski definition) is 2. The van der Waals surface area contributed by atoms with Crippen LogP contribution in [0.25, 0.3) is 0 Å². The van der Waals surface area contributed by atoms with Crippen LogP contribution in [0, 0.1) is 5.92 Å². The molecule has 2 amide bonds. The average Bonchev–Trinajstić information content (AvgIpc) is 3.10. The predicted octanol–water partition coefficient (Wildman–Crippen LogP) is 3.34. The molecule has 2 N–H and O–H groups in total. The molecule has 1 aliphatic heterocycles. The molecule has 0 aromatic heterocycles. The molecule has 6 heteroatoms. The zero-order valence-corrected chi connectivity index (χ0v) is 13.7. The Morgan fingerprint density at radius 3 is 2.62 bits per heavy atom. The van der Waals surface area contributed by atoms with Crippen molar-refractivity contribution in [3.63, 3.8) is 0 Å². The Balaban J connectivity index is 1.64. The van der Waals surface area contributed by atoms with Crippen LogP contribution in [0.2, 0.25) is 0 Å². The van der Waals surface area contributed by atoms with Gasteiger partial charge in [0.2, 0.25) is 0 Å². The maximum absolute atomic E-state index is 12.5. The van der Waals surface area contributed by atoms with E-state index in [4.69, 9.17) is 9.84 Å². The van der Waals surface area contributed by atoms with E-state index in [1.807, 2.05) is 24.3 Å². The number of para-hydroxylation sites is 2. The summed E-state index contributed by atoms with van der Waals surface area (Å²) in [6.45, 7) is 0.841. The van der Waals surface area contributed by atoms with Gasteiger partial charge in [0, 0.05) is 13.1 Å². The molecule has 130 valence electrons. The summed E-state index contributed by atoms with van der Waals surface area (Å²) in [6, 6.07) is 7.17. The topological polar surface area (TPSA) is 78.9 Å². The lowest BCUT2D eigenvalue weighted by molar-refractivity contribution is -0.143. The van der Waals surface area contributed by atoms with Gasteiger partial charge in [-0.05, 0) is 50.7 Å². The van der Waals surface area contributed by atoms with Crippen molar-refractivity contribution >= 4 is 17.7 Å². The number of amides is 2. The molecule has 1 heterocycles. The molecule has 1 saturated heterocycles. The van der Waals surface area contributed by atoms with Crippen LogP contribution in [0.4, 0.5) is 10.5 Å². The molecule has 2 fully saturated rings. The number of piperidine rings is 1. The molecule has 24 heavy (non-hydrogen) atoms. The molecule has 6 nitrogen and oxygen atoms in total. The van der Waals surface area contributed by atoms with Crippen molar-refractivity contribution in [3.8, 4) is 5.75 Å². The molecule has 1 aromatic rings. The lowest BCUT2D eigenvalue weighted by Gasteiger charge is -2.31. The van der Waals surface area contributed by atoms with E-state index in [9.17, 15) is 9.59 Å². The Morgan fingerprint density at radius 1 is 1.12 bits per heavy atom. The number of aliphatic carboxylic acids is 1. The molecular formula is C18H24N2O4. The third kappa shape index (κ3) is 3.99. The van der Waals surface area contributed by atoms with E-state index in [-0.39, 0.29) is 18.7 Å². The molecule has 1 unspecified atom stereocenters. The molecule has 0 bridgehead atoms. The molecule has 3 rings (SSSR count). The van der Waals surface area contributed by atoms with Gasteiger partial charge in [-0.15, -0.1) is 0 Å². The number of carbonyl (C=O) groups is 2. The van der Waals surface area contributed by atoms with E-state index in [0.717, 1.165) is 12.8 Å². The molecule has 0 spiro atoms. The molecule has 1 aromatic carbocycles. The number of carboxylic acid groups (broad SMARTS) is 1. The van der Waals surface area contributed by atoms with Gasteiger partial charge in [0.1, 0.15) is 5.75 Å². The molecule has 1 saturated carbocycles. The minimum Gasteiger partial charge on any atom is -0.488 e. The minimum atomic E-state index is -0.836. The highest BCUT2D eigenvalue weighted by atomic mass is 16.5. The highest BCUT2D eigenvalue weighted by Crippen LogP contribution is 2.30. The number of rotatable bonds is 4. The summed E-state index contributed by atoms with van der Waals surface area (Å²) in [6.07, 6.45) is 6.02. The molecule has 1 atom stereocenters. The van der Waals surface area contributed by atoms with Crippen LogP contribution in [0.1, 0.15) is 38.5 Å². The first-order chi connectivity index (χ1) is 11.6. The quantitative estimate of drug-likeness (QED) is 0.886. The fourth-order valence-corrected chi connectivity index (χ4v) is 3.42. The molecular weight excluding hydrogens is 308 g/mol. The average molecular weight is 332 g/mol. The second-order valence-electron chi connectivity index (χ2n) is 6.57. The van der Waals surface area contributed by atoms with Crippen LogP contribution in [-0.2, 0) is 4.79 Å². The Morgan fingerprint density at radius 2 is 1.88 bits per heavy atom. The zero-order valence-electron chi connectivity index (χ0n) is 13.7. The van der Waals surface area contributed by atoms with Crippen molar-refractivity contribution < 1.29 is 19.4 Å². The van der Waals surface area contributed by atoms with Gasteiger partial charge in [-0.25, -0.2) is 4.79 Å². The third-order valence-electron chi connectivity index (χ3n) is 4.78. The van der Waals surface area contributed by atoms with Crippen molar-refractivity contribution in [1.29, 1.82) is 0 Å². The summed E-state index contributed by atoms with van der Waals surface area (Å²) >= 11 is 0. The number of carboxylic acids is 1. The van der Waals surface area contributed by atoms with Crippen molar-refractivity contribution in [1.82, 2.24) is 4.90 Å². The first kappa shape index (κ1) is 16.6. The number of likely N-dealkylation sites (tertiary alicyclic amines) is 1. The van der Waals surface area contributed by atoms with E-state index in [1.54, 1.807) is 4.90 Å². The first-order valence-corrected chi connectivity index (χ1v) is 8.68. The van der Waals surface area contributed by atoms with Gasteiger partial charge in [0.25, 0.3) is 0 Å². The van der Waals surface area contributed by atoms with E-state index < -0.39 is 11.9 Å². The number of nitrogens with one attached hydrogen (secondary N) is 1. The van der Waals surface area contributed by atoms with Crippen LogP contribution in [-0.4, -0.2) is 41.2 Å². The summed E-state index contributed by atoms with van der Waals surface area (Å²) in [5.74, 6) is -0.628. The summed E-state index contributed by atoms with van der Waals surface area (Å²) in [5.41, 5.74) is 0.645. The van der Waals surface area contributed by atoms with Crippen LogP contribution >= 0.6 is 0 Å². The van der Waals surface area contributed by atoms with Gasteiger partial charge in [0.05, 0.1) is 17.7 Å². The lowest BCUT2D eigenvalue weighted by atomic mass is 9.99. The van der Waals surface area contributed by atoms with Gasteiger partial charge in [0.15, 0.2) is 0 Å². The Kier molecular flexibility index (Phi) is 5.23. The fraction of sp³-hybridized carbons (Fsp3) is 0.556. The predicted molar refractivity (Wildman–Crippen MR) is 90.3 cm³/mol. The summed E-state index contributed by atoms with van der Waals surface area (Å²) in [5, 5.41) is 12.0. The molecule has 0 radical (unpaired) electrons. The number of urea groups is 1. The monoisotopic (exact) mass is 332 g/mol. The van der Waals surface area contributed by atoms with E-state index in [1.165, 1.54) is 12.8 Å². The van der Waals surface area contributed by atoms with E-state index in [0.29, 0.717) is 30.8 Å². The van der Waals surface area contributed by atoms with E-state index >= 15 is 0 Å². The van der Waals surface area contributed by atoms with Crippen LogP contribution in [0.5, 0.6) is 5.75 Å². The smallest absolute Gasteiger partial charge is 0.321 e. The van der Waals surface area contributed by atoms with Crippen molar-refractivity contribution in [2.75, 3.05) is 18.4 Å². The normalized spacial score (nSPS) is 21.5. The highest BCUT2D eigenvalue weighted by Gasteiger charge is 2.28. The second kappa shape index (κ2) is 7.55. The summed E-state index contributed by atoms with van der Waals surface area (Å²) < 4.78 is 6.03. The van der Waals surface area contributed by atoms with Crippen LogP contribution in [0.15, 0.2) is 24.3 Å². The first-order valence-electron chi connectivity index (χ1n) is 8.68. The number of hydrogen-bond acceptors (Lipinski definition) is 3. The minimum absolute atomic E-state index is 0.217. The Hall–Kier alpha value is -2.24. The Bertz CT molecular complexity index is 598. The van der Waals surface area contributed by atoms with Crippen molar-refractivity contribution in [2.24, 2.45) is 5.92 Å². The number of anilines is 1. The SMILES string of the molecule is O=C(O)C1CCCN(C(=O)Nc2ccccc2OC2CCCC2)C1. The molecule has 1 aliphatic carbocycles. The van der Waals surface area contributed by atoms with Gasteiger partial charge >= 0.3 is 12.0 Å². The van der Waals surface area contributed by atoms with Gasteiger partial charge in [-0.1, -0.05) is 12.1 Å². The number of benzene rings is 1. The largest absolute Gasteiger partial charge is 0.488 e.